The van der Waals surface area contributed by atoms with Crippen molar-refractivity contribution in [3.8, 4) is 0 Å². The van der Waals surface area contributed by atoms with E-state index < -0.39 is 11.7 Å². The molecule has 0 spiro atoms. The summed E-state index contributed by atoms with van der Waals surface area (Å²) in [6.45, 7) is 2.65. The van der Waals surface area contributed by atoms with Crippen LogP contribution in [-0.4, -0.2) is 60.5 Å². The Morgan fingerprint density at radius 2 is 1.56 bits per heavy atom. The van der Waals surface area contributed by atoms with Crippen LogP contribution < -0.4 is 21.7 Å². The van der Waals surface area contributed by atoms with Crippen LogP contribution in [0.1, 0.15) is 24.0 Å². The van der Waals surface area contributed by atoms with Crippen LogP contribution in [-0.2, 0) is 22.2 Å². The lowest BCUT2D eigenvalue weighted by molar-refractivity contribution is -0.138. The molecule has 0 unspecified atom stereocenters. The molecular weight excluding hydrogens is 427 g/mol. The Bertz CT molecular complexity index is 850. The van der Waals surface area contributed by atoms with Crippen LogP contribution in [0.2, 0.25) is 0 Å². The molecule has 1 fully saturated rings. The van der Waals surface area contributed by atoms with E-state index in [9.17, 15) is 13.2 Å². The molecule has 1 aromatic carbocycles. The highest BCUT2D eigenvalue weighted by atomic mass is 19.4. The number of rotatable bonds is 14. The third-order valence-corrected chi connectivity index (χ3v) is 4.47. The molecule has 1 aliphatic rings. The van der Waals surface area contributed by atoms with Crippen molar-refractivity contribution in [1.29, 1.82) is 0 Å². The highest BCUT2D eigenvalue weighted by molar-refractivity contribution is 5.44. The van der Waals surface area contributed by atoms with E-state index in [-0.39, 0.29) is 18.1 Å². The Morgan fingerprint density at radius 1 is 0.906 bits per heavy atom. The average molecular weight is 455 g/mol. The third kappa shape index (κ3) is 8.09. The SMILES string of the molecule is NCCOCCOCCNc1nc(NCc2ccccc2C(F)(F)F)nc(NC2CC2)n1. The summed E-state index contributed by atoms with van der Waals surface area (Å²) in [5.41, 5.74) is 4.76. The zero-order valence-electron chi connectivity index (χ0n) is 17.6. The molecule has 1 heterocycles. The molecule has 5 N–H and O–H groups in total. The van der Waals surface area contributed by atoms with Gasteiger partial charge in [0, 0.05) is 25.7 Å². The maximum absolute atomic E-state index is 13.2. The highest BCUT2D eigenvalue weighted by Gasteiger charge is 2.32. The van der Waals surface area contributed by atoms with Gasteiger partial charge in [0.2, 0.25) is 17.8 Å². The summed E-state index contributed by atoms with van der Waals surface area (Å²) >= 11 is 0. The van der Waals surface area contributed by atoms with E-state index in [1.807, 2.05) is 0 Å². The molecule has 1 aromatic heterocycles. The molecule has 0 atom stereocenters. The van der Waals surface area contributed by atoms with E-state index in [0.29, 0.717) is 57.5 Å². The van der Waals surface area contributed by atoms with Crippen molar-refractivity contribution in [2.24, 2.45) is 5.73 Å². The van der Waals surface area contributed by atoms with E-state index in [1.165, 1.54) is 12.1 Å². The lowest BCUT2D eigenvalue weighted by Crippen LogP contribution is -2.18. The number of halogens is 3. The van der Waals surface area contributed by atoms with Crippen molar-refractivity contribution in [2.75, 3.05) is 55.5 Å². The number of alkyl halides is 3. The standard InChI is InChI=1S/C20H28F3N7O2/c21-20(22,23)16-4-2-1-3-14(16)13-26-18-28-17(29-19(30-18)27-15-5-6-15)25-8-10-32-12-11-31-9-7-24/h1-4,15H,5-13,24H2,(H3,25,26,27,28,29,30). The van der Waals surface area contributed by atoms with Crippen molar-refractivity contribution >= 4 is 17.8 Å². The fourth-order valence-electron chi connectivity index (χ4n) is 2.77. The number of nitrogens with one attached hydrogen (secondary N) is 3. The van der Waals surface area contributed by atoms with Crippen LogP contribution in [0, 0.1) is 0 Å². The number of anilines is 3. The maximum atomic E-state index is 13.2. The number of ether oxygens (including phenoxy) is 2. The quantitative estimate of drug-likeness (QED) is 0.319. The van der Waals surface area contributed by atoms with Gasteiger partial charge in [-0.25, -0.2) is 0 Å². The summed E-state index contributed by atoms with van der Waals surface area (Å²) in [4.78, 5) is 12.9. The second kappa shape index (κ2) is 11.8. The first kappa shape index (κ1) is 24.0. The van der Waals surface area contributed by atoms with Crippen LogP contribution >= 0.6 is 0 Å². The molecule has 9 nitrogen and oxygen atoms in total. The Kier molecular flexibility index (Phi) is 8.82. The molecule has 1 saturated carbocycles. The Hall–Kier alpha value is -2.70. The van der Waals surface area contributed by atoms with E-state index in [1.54, 1.807) is 6.07 Å². The second-order valence-electron chi connectivity index (χ2n) is 7.17. The van der Waals surface area contributed by atoms with Crippen molar-refractivity contribution in [3.05, 3.63) is 35.4 Å². The monoisotopic (exact) mass is 455 g/mol. The van der Waals surface area contributed by atoms with Crippen LogP contribution in [0.4, 0.5) is 31.0 Å². The van der Waals surface area contributed by atoms with Gasteiger partial charge in [0.25, 0.3) is 0 Å². The molecule has 176 valence electrons. The van der Waals surface area contributed by atoms with Crippen LogP contribution in [0.15, 0.2) is 24.3 Å². The van der Waals surface area contributed by atoms with Crippen LogP contribution in [0.25, 0.3) is 0 Å². The Labute approximate surface area is 184 Å². The van der Waals surface area contributed by atoms with Crippen LogP contribution in [0.3, 0.4) is 0 Å². The first-order chi connectivity index (χ1) is 15.5. The Morgan fingerprint density at radius 3 is 2.25 bits per heavy atom. The number of benzene rings is 1. The van der Waals surface area contributed by atoms with E-state index in [4.69, 9.17) is 15.2 Å². The molecule has 0 aliphatic heterocycles. The van der Waals surface area contributed by atoms with Crippen molar-refractivity contribution in [1.82, 2.24) is 15.0 Å². The summed E-state index contributed by atoms with van der Waals surface area (Å²) in [6, 6.07) is 5.71. The van der Waals surface area contributed by atoms with Gasteiger partial charge >= 0.3 is 6.18 Å². The summed E-state index contributed by atoms with van der Waals surface area (Å²) in [7, 11) is 0. The highest BCUT2D eigenvalue weighted by Crippen LogP contribution is 2.32. The molecule has 32 heavy (non-hydrogen) atoms. The molecule has 2 aromatic rings. The summed E-state index contributed by atoms with van der Waals surface area (Å²) in [5, 5.41) is 9.11. The number of hydrogen-bond acceptors (Lipinski definition) is 9. The minimum absolute atomic E-state index is 0.0755. The number of aromatic nitrogens is 3. The molecular formula is C20H28F3N7O2. The third-order valence-electron chi connectivity index (χ3n) is 4.47. The summed E-state index contributed by atoms with van der Waals surface area (Å²) < 4.78 is 50.4. The van der Waals surface area contributed by atoms with E-state index >= 15 is 0 Å². The first-order valence-corrected chi connectivity index (χ1v) is 10.5. The van der Waals surface area contributed by atoms with Gasteiger partial charge in [0.1, 0.15) is 0 Å². The topological polar surface area (TPSA) is 119 Å². The zero-order valence-corrected chi connectivity index (χ0v) is 17.6. The number of nitrogens with two attached hydrogens (primary N) is 1. The predicted octanol–water partition coefficient (Wildman–Crippen LogP) is 2.48. The molecule has 3 rings (SSSR count). The van der Waals surface area contributed by atoms with E-state index in [2.05, 4.69) is 30.9 Å². The van der Waals surface area contributed by atoms with Crippen molar-refractivity contribution < 1.29 is 22.6 Å². The van der Waals surface area contributed by atoms with E-state index in [0.717, 1.165) is 18.9 Å². The lowest BCUT2D eigenvalue weighted by Gasteiger charge is -2.14. The zero-order chi connectivity index (χ0) is 22.8. The fourth-order valence-corrected chi connectivity index (χ4v) is 2.77. The molecule has 0 saturated heterocycles. The van der Waals surface area contributed by atoms with Gasteiger partial charge in [-0.1, -0.05) is 18.2 Å². The number of nitrogens with zero attached hydrogens (tertiary/aromatic N) is 3. The second-order valence-corrected chi connectivity index (χ2v) is 7.17. The maximum Gasteiger partial charge on any atom is 0.416 e. The Balaban J connectivity index is 1.57. The average Bonchev–Trinajstić information content (AvgIpc) is 3.57. The van der Waals surface area contributed by atoms with Gasteiger partial charge in [-0.05, 0) is 24.5 Å². The minimum Gasteiger partial charge on any atom is -0.378 e. The van der Waals surface area contributed by atoms with Gasteiger partial charge in [-0.15, -0.1) is 0 Å². The van der Waals surface area contributed by atoms with Gasteiger partial charge in [0.05, 0.1) is 32.0 Å². The molecule has 0 radical (unpaired) electrons. The van der Waals surface area contributed by atoms with Crippen LogP contribution in [0.5, 0.6) is 0 Å². The lowest BCUT2D eigenvalue weighted by atomic mass is 10.1. The van der Waals surface area contributed by atoms with Crippen molar-refractivity contribution in [3.63, 3.8) is 0 Å². The van der Waals surface area contributed by atoms with Gasteiger partial charge < -0.3 is 31.2 Å². The normalized spacial score (nSPS) is 13.8. The van der Waals surface area contributed by atoms with Gasteiger partial charge in [-0.2, -0.15) is 28.1 Å². The van der Waals surface area contributed by atoms with Crippen molar-refractivity contribution in [2.45, 2.75) is 31.6 Å². The largest absolute Gasteiger partial charge is 0.416 e. The smallest absolute Gasteiger partial charge is 0.378 e. The molecule has 1 aliphatic carbocycles. The summed E-state index contributed by atoms with van der Waals surface area (Å²) in [5.74, 6) is 0.851. The molecule has 12 heteroatoms. The minimum atomic E-state index is -4.43. The fraction of sp³-hybridized carbons (Fsp3) is 0.550. The first-order valence-electron chi connectivity index (χ1n) is 10.5. The van der Waals surface area contributed by atoms with Gasteiger partial charge in [-0.3, -0.25) is 0 Å². The summed E-state index contributed by atoms with van der Waals surface area (Å²) in [6.07, 6.45) is -2.38. The predicted molar refractivity (Wildman–Crippen MR) is 114 cm³/mol. The van der Waals surface area contributed by atoms with Gasteiger partial charge in [0.15, 0.2) is 0 Å². The molecule has 0 bridgehead atoms. The molecule has 0 amide bonds. The number of hydrogen-bond donors (Lipinski definition) is 4.